The van der Waals surface area contributed by atoms with Crippen molar-refractivity contribution in [3.63, 3.8) is 0 Å². The summed E-state index contributed by atoms with van der Waals surface area (Å²) in [6.45, 7) is 1.91. The summed E-state index contributed by atoms with van der Waals surface area (Å²) in [6.07, 6.45) is 0. The van der Waals surface area contributed by atoms with Gasteiger partial charge in [-0.3, -0.25) is 14.5 Å². The van der Waals surface area contributed by atoms with E-state index in [1.165, 1.54) is 0 Å². The standard InChI is InChI=1S/C24H22N2O3S/c1-16-7-3-4-12-21(16)23(28)25-18-9-5-8-17(13-18)24-26(22(27)15-30-24)19-10-6-11-20(14-19)29-2/h3-14,24H,15H2,1-2H3,(H,25,28). The average Bonchev–Trinajstić information content (AvgIpc) is 3.15. The number of amides is 2. The first kappa shape index (κ1) is 20.0. The number of methoxy groups -OCH3 is 1. The summed E-state index contributed by atoms with van der Waals surface area (Å²) in [7, 11) is 1.61. The highest BCUT2D eigenvalue weighted by molar-refractivity contribution is 8.00. The molecule has 4 rings (SSSR count). The normalized spacial score (nSPS) is 15.9. The molecule has 1 aliphatic heterocycles. The SMILES string of the molecule is COc1cccc(N2C(=O)CSC2c2cccc(NC(=O)c3ccccc3C)c2)c1. The van der Waals surface area contributed by atoms with Gasteiger partial charge in [-0.25, -0.2) is 0 Å². The molecular weight excluding hydrogens is 396 g/mol. The second-order valence-electron chi connectivity index (χ2n) is 7.02. The summed E-state index contributed by atoms with van der Waals surface area (Å²) in [6, 6.07) is 22.7. The molecule has 1 N–H and O–H groups in total. The Morgan fingerprint density at radius 1 is 1.07 bits per heavy atom. The van der Waals surface area contributed by atoms with Crippen molar-refractivity contribution in [2.24, 2.45) is 0 Å². The Morgan fingerprint density at radius 3 is 2.67 bits per heavy atom. The molecule has 1 aliphatic rings. The number of nitrogens with zero attached hydrogens (tertiary/aromatic N) is 1. The summed E-state index contributed by atoms with van der Waals surface area (Å²) < 4.78 is 5.31. The van der Waals surface area contributed by atoms with Gasteiger partial charge in [-0.15, -0.1) is 11.8 Å². The van der Waals surface area contributed by atoms with E-state index in [0.29, 0.717) is 22.8 Å². The number of carbonyl (C=O) groups is 2. The zero-order chi connectivity index (χ0) is 21.1. The quantitative estimate of drug-likeness (QED) is 0.631. The van der Waals surface area contributed by atoms with E-state index in [1.807, 2.05) is 79.7 Å². The van der Waals surface area contributed by atoms with Crippen LogP contribution in [0.4, 0.5) is 11.4 Å². The third kappa shape index (κ3) is 4.04. The van der Waals surface area contributed by atoms with Gasteiger partial charge in [0.25, 0.3) is 5.91 Å². The Hall–Kier alpha value is -3.25. The third-order valence-electron chi connectivity index (χ3n) is 5.02. The Kier molecular flexibility index (Phi) is 5.77. The number of thioether (sulfide) groups is 1. The maximum atomic E-state index is 12.7. The number of ether oxygens (including phenoxy) is 1. The van der Waals surface area contributed by atoms with Gasteiger partial charge in [0.2, 0.25) is 5.91 Å². The monoisotopic (exact) mass is 418 g/mol. The first-order chi connectivity index (χ1) is 14.6. The lowest BCUT2D eigenvalue weighted by Crippen LogP contribution is -2.27. The number of nitrogens with one attached hydrogen (secondary N) is 1. The van der Waals surface area contributed by atoms with Crippen molar-refractivity contribution >= 4 is 35.0 Å². The fraction of sp³-hybridized carbons (Fsp3) is 0.167. The van der Waals surface area contributed by atoms with Gasteiger partial charge in [-0.2, -0.15) is 0 Å². The van der Waals surface area contributed by atoms with Crippen LogP contribution in [0.5, 0.6) is 5.75 Å². The average molecular weight is 419 g/mol. The highest BCUT2D eigenvalue weighted by Crippen LogP contribution is 2.42. The molecule has 30 heavy (non-hydrogen) atoms. The van der Waals surface area contributed by atoms with Crippen LogP contribution in [0.3, 0.4) is 0 Å². The molecule has 0 radical (unpaired) electrons. The number of anilines is 2. The minimum Gasteiger partial charge on any atom is -0.497 e. The molecule has 3 aromatic rings. The number of hydrogen-bond acceptors (Lipinski definition) is 4. The Labute approximate surface area is 180 Å². The first-order valence-corrected chi connectivity index (χ1v) is 10.7. The van der Waals surface area contributed by atoms with E-state index in [4.69, 9.17) is 4.74 Å². The van der Waals surface area contributed by atoms with E-state index in [1.54, 1.807) is 23.8 Å². The van der Waals surface area contributed by atoms with Gasteiger partial charge in [0.05, 0.1) is 12.9 Å². The summed E-state index contributed by atoms with van der Waals surface area (Å²) >= 11 is 1.57. The maximum Gasteiger partial charge on any atom is 0.255 e. The number of rotatable bonds is 5. The summed E-state index contributed by atoms with van der Waals surface area (Å²) in [5, 5.41) is 2.81. The highest BCUT2D eigenvalue weighted by atomic mass is 32.2. The fourth-order valence-electron chi connectivity index (χ4n) is 3.51. The zero-order valence-electron chi connectivity index (χ0n) is 16.8. The second kappa shape index (κ2) is 8.63. The van der Waals surface area contributed by atoms with Crippen molar-refractivity contribution in [1.82, 2.24) is 0 Å². The molecule has 0 bridgehead atoms. The van der Waals surface area contributed by atoms with Crippen molar-refractivity contribution < 1.29 is 14.3 Å². The van der Waals surface area contributed by atoms with Crippen LogP contribution in [0.15, 0.2) is 72.8 Å². The van der Waals surface area contributed by atoms with Crippen LogP contribution in [0.25, 0.3) is 0 Å². The molecule has 2 amide bonds. The predicted octanol–water partition coefficient (Wildman–Crippen LogP) is 5.03. The molecule has 6 heteroatoms. The topological polar surface area (TPSA) is 58.6 Å². The van der Waals surface area contributed by atoms with Crippen LogP contribution in [0, 0.1) is 6.92 Å². The lowest BCUT2D eigenvalue weighted by Gasteiger charge is -2.25. The molecule has 1 saturated heterocycles. The smallest absolute Gasteiger partial charge is 0.255 e. The molecule has 152 valence electrons. The van der Waals surface area contributed by atoms with E-state index >= 15 is 0 Å². The van der Waals surface area contributed by atoms with Gasteiger partial charge in [0, 0.05) is 23.0 Å². The van der Waals surface area contributed by atoms with Crippen molar-refractivity contribution in [2.45, 2.75) is 12.3 Å². The molecule has 0 saturated carbocycles. The number of aryl methyl sites for hydroxylation is 1. The van der Waals surface area contributed by atoms with Gasteiger partial charge >= 0.3 is 0 Å². The Balaban J connectivity index is 1.60. The van der Waals surface area contributed by atoms with Crippen LogP contribution in [0.2, 0.25) is 0 Å². The molecule has 5 nitrogen and oxygen atoms in total. The number of benzene rings is 3. The van der Waals surface area contributed by atoms with Crippen molar-refractivity contribution in [2.75, 3.05) is 23.1 Å². The largest absolute Gasteiger partial charge is 0.497 e. The maximum absolute atomic E-state index is 12.7. The molecule has 1 heterocycles. The Morgan fingerprint density at radius 2 is 1.87 bits per heavy atom. The minimum absolute atomic E-state index is 0.0487. The van der Waals surface area contributed by atoms with Crippen molar-refractivity contribution in [1.29, 1.82) is 0 Å². The molecule has 0 spiro atoms. The zero-order valence-corrected chi connectivity index (χ0v) is 17.6. The first-order valence-electron chi connectivity index (χ1n) is 9.61. The molecule has 1 unspecified atom stereocenters. The summed E-state index contributed by atoms with van der Waals surface area (Å²) in [4.78, 5) is 27.1. The third-order valence-corrected chi connectivity index (χ3v) is 6.23. The van der Waals surface area contributed by atoms with Gasteiger partial charge in [0.15, 0.2) is 0 Å². The van der Waals surface area contributed by atoms with Gasteiger partial charge < -0.3 is 10.1 Å². The van der Waals surface area contributed by atoms with Crippen LogP contribution >= 0.6 is 11.8 Å². The van der Waals surface area contributed by atoms with Crippen LogP contribution in [0.1, 0.15) is 26.9 Å². The molecule has 3 aromatic carbocycles. The summed E-state index contributed by atoms with van der Waals surface area (Å²) in [5.41, 5.74) is 4.02. The van der Waals surface area contributed by atoms with Gasteiger partial charge in [-0.05, 0) is 48.4 Å². The van der Waals surface area contributed by atoms with E-state index in [2.05, 4.69) is 5.32 Å². The van der Waals surface area contributed by atoms with Crippen LogP contribution in [-0.2, 0) is 4.79 Å². The molecule has 0 aliphatic carbocycles. The predicted molar refractivity (Wildman–Crippen MR) is 121 cm³/mol. The van der Waals surface area contributed by atoms with Crippen LogP contribution in [-0.4, -0.2) is 24.7 Å². The van der Waals surface area contributed by atoms with Crippen LogP contribution < -0.4 is 15.0 Å². The molecule has 0 aromatic heterocycles. The van der Waals surface area contributed by atoms with E-state index in [9.17, 15) is 9.59 Å². The second-order valence-corrected chi connectivity index (χ2v) is 8.09. The van der Waals surface area contributed by atoms with E-state index in [0.717, 1.165) is 16.8 Å². The number of carbonyl (C=O) groups excluding carboxylic acids is 2. The van der Waals surface area contributed by atoms with E-state index in [-0.39, 0.29) is 17.2 Å². The lowest BCUT2D eigenvalue weighted by molar-refractivity contribution is -0.115. The Bertz CT molecular complexity index is 1100. The molecule has 1 fully saturated rings. The molecular formula is C24H22N2O3S. The van der Waals surface area contributed by atoms with E-state index < -0.39 is 0 Å². The minimum atomic E-state index is -0.167. The van der Waals surface area contributed by atoms with Crippen molar-refractivity contribution in [3.8, 4) is 5.75 Å². The van der Waals surface area contributed by atoms with Gasteiger partial charge in [0.1, 0.15) is 11.1 Å². The lowest BCUT2D eigenvalue weighted by atomic mass is 10.1. The summed E-state index contributed by atoms with van der Waals surface area (Å²) in [5.74, 6) is 1.01. The molecule has 1 atom stereocenters. The fourth-order valence-corrected chi connectivity index (χ4v) is 4.67. The number of hydrogen-bond donors (Lipinski definition) is 1. The van der Waals surface area contributed by atoms with Crippen molar-refractivity contribution in [3.05, 3.63) is 89.5 Å². The highest BCUT2D eigenvalue weighted by Gasteiger charge is 2.34. The van der Waals surface area contributed by atoms with Gasteiger partial charge in [-0.1, -0.05) is 36.4 Å².